The van der Waals surface area contributed by atoms with Crippen LogP contribution in [0.4, 0.5) is 5.69 Å². The van der Waals surface area contributed by atoms with E-state index in [-0.39, 0.29) is 11.8 Å². The molecular weight excluding hydrogens is 442 g/mol. The lowest BCUT2D eigenvalue weighted by Crippen LogP contribution is -2.28. The number of carbonyl (C=O) groups excluding carboxylic acids is 3. The topological polar surface area (TPSA) is 102 Å². The highest BCUT2D eigenvalue weighted by Crippen LogP contribution is 2.28. The van der Waals surface area contributed by atoms with E-state index < -0.39 is 5.91 Å². The van der Waals surface area contributed by atoms with Crippen molar-refractivity contribution < 1.29 is 19.1 Å². The summed E-state index contributed by atoms with van der Waals surface area (Å²) in [5, 5.41) is 2.89. The van der Waals surface area contributed by atoms with Gasteiger partial charge in [-0.05, 0) is 66.9 Å². The Balaban J connectivity index is 1.76. The molecular formula is C28H31N3O4. The summed E-state index contributed by atoms with van der Waals surface area (Å²) in [6.07, 6.45) is 0. The van der Waals surface area contributed by atoms with Crippen LogP contribution >= 0.6 is 0 Å². The molecule has 7 heteroatoms. The van der Waals surface area contributed by atoms with E-state index >= 15 is 0 Å². The monoisotopic (exact) mass is 473 g/mol. The van der Waals surface area contributed by atoms with Crippen LogP contribution in [0.3, 0.4) is 0 Å². The largest absolute Gasteiger partial charge is 0.457 e. The lowest BCUT2D eigenvalue weighted by Gasteiger charge is -2.21. The average molecular weight is 474 g/mol. The van der Waals surface area contributed by atoms with Gasteiger partial charge in [-0.2, -0.15) is 0 Å². The Hall–Kier alpha value is -4.13. The van der Waals surface area contributed by atoms with Crippen LogP contribution in [0, 0.1) is 0 Å². The number of nitrogens with one attached hydrogen (secondary N) is 1. The molecule has 3 N–H and O–H groups in total. The Kier molecular flexibility index (Phi) is 8.25. The zero-order chi connectivity index (χ0) is 25.5. The van der Waals surface area contributed by atoms with Crippen molar-refractivity contribution in [1.29, 1.82) is 0 Å². The number of nitrogens with two attached hydrogens (primary N) is 1. The van der Waals surface area contributed by atoms with Crippen LogP contribution < -0.4 is 15.8 Å². The van der Waals surface area contributed by atoms with Crippen molar-refractivity contribution in [3.63, 3.8) is 0 Å². The lowest BCUT2D eigenvalue weighted by atomic mass is 10.0. The Bertz CT molecular complexity index is 1200. The van der Waals surface area contributed by atoms with Crippen molar-refractivity contribution in [1.82, 2.24) is 4.90 Å². The van der Waals surface area contributed by atoms with Crippen molar-refractivity contribution in [3.05, 3.63) is 89.0 Å². The van der Waals surface area contributed by atoms with Crippen LogP contribution in [0.25, 0.3) is 0 Å². The molecule has 0 aliphatic heterocycles. The van der Waals surface area contributed by atoms with Crippen LogP contribution in [-0.2, 0) is 11.3 Å². The van der Waals surface area contributed by atoms with Gasteiger partial charge in [0.05, 0.1) is 0 Å². The van der Waals surface area contributed by atoms with Gasteiger partial charge < -0.3 is 20.7 Å². The Morgan fingerprint density at radius 1 is 0.943 bits per heavy atom. The molecule has 3 amide bonds. The number of primary amides is 1. The van der Waals surface area contributed by atoms with Crippen LogP contribution in [0.5, 0.6) is 11.5 Å². The molecule has 0 bridgehead atoms. The molecule has 0 aliphatic rings. The molecule has 0 aromatic heterocycles. The van der Waals surface area contributed by atoms with Gasteiger partial charge in [0.1, 0.15) is 11.5 Å². The first kappa shape index (κ1) is 25.5. The first-order valence-electron chi connectivity index (χ1n) is 11.6. The molecule has 3 aromatic rings. The predicted octanol–water partition coefficient (Wildman–Crippen LogP) is 5.32. The number of nitrogens with zero attached hydrogens (tertiary/aromatic N) is 1. The third-order valence-electron chi connectivity index (χ3n) is 5.72. The van der Waals surface area contributed by atoms with Gasteiger partial charge in [-0.3, -0.25) is 14.4 Å². The fourth-order valence-corrected chi connectivity index (χ4v) is 3.54. The van der Waals surface area contributed by atoms with Gasteiger partial charge in [0.15, 0.2) is 0 Å². The van der Waals surface area contributed by atoms with E-state index in [1.54, 1.807) is 47.4 Å². The summed E-state index contributed by atoms with van der Waals surface area (Å²) in [7, 11) is 0. The van der Waals surface area contributed by atoms with Crippen molar-refractivity contribution in [2.75, 3.05) is 11.9 Å². The second-order valence-electron chi connectivity index (χ2n) is 8.58. The second-order valence-corrected chi connectivity index (χ2v) is 8.58. The Morgan fingerprint density at radius 3 is 2.11 bits per heavy atom. The highest BCUT2D eigenvalue weighted by molar-refractivity contribution is 6.04. The standard InChI is InChI=1S/C28H31N3O4/c1-5-31(19(4)32)17-23-7-6-22(27(29)33)16-26(23)35-25-14-10-21(11-15-25)28(34)30-24-12-8-20(9-13-24)18(2)3/h6-16,18H,5,17H2,1-4H3,(H2,29,33)(H,30,34). The molecule has 3 rings (SSSR count). The maximum absolute atomic E-state index is 12.7. The molecule has 0 aliphatic carbocycles. The van der Waals surface area contributed by atoms with Crippen LogP contribution in [-0.4, -0.2) is 29.2 Å². The highest BCUT2D eigenvalue weighted by Gasteiger charge is 2.15. The van der Waals surface area contributed by atoms with E-state index in [0.29, 0.717) is 41.6 Å². The number of benzene rings is 3. The molecule has 0 saturated carbocycles. The zero-order valence-electron chi connectivity index (χ0n) is 20.5. The third kappa shape index (κ3) is 6.69. The van der Waals surface area contributed by atoms with E-state index in [9.17, 15) is 14.4 Å². The zero-order valence-corrected chi connectivity index (χ0v) is 20.5. The van der Waals surface area contributed by atoms with E-state index in [0.717, 1.165) is 11.3 Å². The molecule has 0 unspecified atom stereocenters. The van der Waals surface area contributed by atoms with Gasteiger partial charge in [-0.1, -0.05) is 32.0 Å². The quantitative estimate of drug-likeness (QED) is 0.439. The normalized spacial score (nSPS) is 10.7. The smallest absolute Gasteiger partial charge is 0.255 e. The fourth-order valence-electron chi connectivity index (χ4n) is 3.54. The highest BCUT2D eigenvalue weighted by atomic mass is 16.5. The molecule has 3 aromatic carbocycles. The summed E-state index contributed by atoms with van der Waals surface area (Å²) in [6.45, 7) is 8.50. The summed E-state index contributed by atoms with van der Waals surface area (Å²) in [4.78, 5) is 37.9. The van der Waals surface area contributed by atoms with E-state index in [1.807, 2.05) is 31.2 Å². The molecule has 0 atom stereocenters. The molecule has 0 heterocycles. The number of rotatable bonds is 9. The van der Waals surface area contributed by atoms with Gasteiger partial charge in [-0.15, -0.1) is 0 Å². The van der Waals surface area contributed by atoms with E-state index in [2.05, 4.69) is 19.2 Å². The average Bonchev–Trinajstić information content (AvgIpc) is 2.83. The summed E-state index contributed by atoms with van der Waals surface area (Å²) >= 11 is 0. The van der Waals surface area contributed by atoms with E-state index in [1.165, 1.54) is 12.5 Å². The van der Waals surface area contributed by atoms with Gasteiger partial charge in [0.2, 0.25) is 11.8 Å². The predicted molar refractivity (Wildman–Crippen MR) is 137 cm³/mol. The molecule has 0 spiro atoms. The van der Waals surface area contributed by atoms with Crippen molar-refractivity contribution in [3.8, 4) is 11.5 Å². The third-order valence-corrected chi connectivity index (χ3v) is 5.72. The molecule has 0 saturated heterocycles. The van der Waals surface area contributed by atoms with Gasteiger partial charge in [0.25, 0.3) is 5.91 Å². The van der Waals surface area contributed by atoms with Gasteiger partial charge in [-0.25, -0.2) is 0 Å². The van der Waals surface area contributed by atoms with Crippen LogP contribution in [0.2, 0.25) is 0 Å². The molecule has 182 valence electrons. The maximum Gasteiger partial charge on any atom is 0.255 e. The van der Waals surface area contributed by atoms with E-state index in [4.69, 9.17) is 10.5 Å². The summed E-state index contributed by atoms with van der Waals surface area (Å²) in [6, 6.07) is 19.4. The lowest BCUT2D eigenvalue weighted by molar-refractivity contribution is -0.129. The SMILES string of the molecule is CCN(Cc1ccc(C(N)=O)cc1Oc1ccc(C(=O)Nc2ccc(C(C)C)cc2)cc1)C(C)=O. The Labute approximate surface area is 205 Å². The summed E-state index contributed by atoms with van der Waals surface area (Å²) in [5.41, 5.74) is 8.87. The minimum atomic E-state index is -0.575. The minimum Gasteiger partial charge on any atom is -0.457 e. The van der Waals surface area contributed by atoms with Crippen molar-refractivity contribution in [2.45, 2.75) is 40.2 Å². The summed E-state index contributed by atoms with van der Waals surface area (Å²) < 4.78 is 6.04. The second kappa shape index (κ2) is 11.3. The molecule has 0 fully saturated rings. The first-order chi connectivity index (χ1) is 16.7. The van der Waals surface area contributed by atoms with Gasteiger partial charge in [0, 0.05) is 42.4 Å². The van der Waals surface area contributed by atoms with Crippen LogP contribution in [0.1, 0.15) is 65.5 Å². The molecule has 0 radical (unpaired) electrons. The number of hydrogen-bond donors (Lipinski definition) is 2. The first-order valence-corrected chi connectivity index (χ1v) is 11.6. The molecule has 7 nitrogen and oxygen atoms in total. The number of anilines is 1. The number of carbonyl (C=O) groups is 3. The summed E-state index contributed by atoms with van der Waals surface area (Å²) in [5.74, 6) is 0.453. The number of ether oxygens (including phenoxy) is 1. The fraction of sp³-hybridized carbons (Fsp3) is 0.250. The Morgan fingerprint density at radius 2 is 1.57 bits per heavy atom. The van der Waals surface area contributed by atoms with Crippen molar-refractivity contribution >= 4 is 23.4 Å². The van der Waals surface area contributed by atoms with Crippen LogP contribution in [0.15, 0.2) is 66.7 Å². The van der Waals surface area contributed by atoms with Crippen molar-refractivity contribution in [2.24, 2.45) is 5.73 Å². The van der Waals surface area contributed by atoms with Gasteiger partial charge >= 0.3 is 0 Å². The molecule has 35 heavy (non-hydrogen) atoms. The minimum absolute atomic E-state index is 0.0633. The number of amides is 3. The maximum atomic E-state index is 12.7. The number of hydrogen-bond acceptors (Lipinski definition) is 4.